The molecular formula is C22H20N2O2S. The molecule has 5 rings (SSSR count). The molecule has 1 aliphatic carbocycles. The molecule has 2 heterocycles. The minimum Gasteiger partial charge on any atom is -0.496 e. The molecule has 1 atom stereocenters. The number of aryl methyl sites for hydroxylation is 1. The van der Waals surface area contributed by atoms with Crippen molar-refractivity contribution in [2.75, 3.05) is 7.11 Å². The maximum Gasteiger partial charge on any atom is 0.260 e. The smallest absolute Gasteiger partial charge is 0.260 e. The van der Waals surface area contributed by atoms with Crippen LogP contribution < -0.4 is 10.3 Å². The highest BCUT2D eigenvalue weighted by atomic mass is 32.1. The van der Waals surface area contributed by atoms with E-state index in [4.69, 9.17) is 9.72 Å². The normalized spacial score (nSPS) is 16.6. The first-order valence-electron chi connectivity index (χ1n) is 9.26. The van der Waals surface area contributed by atoms with E-state index < -0.39 is 0 Å². The van der Waals surface area contributed by atoms with E-state index in [1.54, 1.807) is 18.4 Å². The predicted octanol–water partition coefficient (Wildman–Crippen LogP) is 4.94. The molecule has 136 valence electrons. The van der Waals surface area contributed by atoms with Crippen LogP contribution in [0.4, 0.5) is 0 Å². The molecule has 1 aliphatic rings. The lowest BCUT2D eigenvalue weighted by molar-refractivity contribution is 0.416. The van der Waals surface area contributed by atoms with Gasteiger partial charge in [0.05, 0.1) is 18.1 Å². The van der Waals surface area contributed by atoms with Crippen molar-refractivity contribution in [1.29, 1.82) is 0 Å². The molecule has 0 saturated heterocycles. The summed E-state index contributed by atoms with van der Waals surface area (Å²) in [5.41, 5.74) is 2.00. The number of H-pyrrole nitrogens is 1. The average Bonchev–Trinajstić information content (AvgIpc) is 3.04. The first-order chi connectivity index (χ1) is 13.2. The van der Waals surface area contributed by atoms with E-state index in [1.807, 2.05) is 30.3 Å². The number of aromatic amines is 1. The third-order valence-electron chi connectivity index (χ3n) is 5.51. The largest absolute Gasteiger partial charge is 0.496 e. The Hall–Kier alpha value is -2.66. The molecule has 1 N–H and O–H groups in total. The van der Waals surface area contributed by atoms with Gasteiger partial charge in [0.1, 0.15) is 16.4 Å². The Bertz CT molecular complexity index is 1240. The van der Waals surface area contributed by atoms with Crippen LogP contribution in [-0.2, 0) is 12.8 Å². The van der Waals surface area contributed by atoms with E-state index in [0.29, 0.717) is 17.5 Å². The maximum absolute atomic E-state index is 13.0. The number of hydrogen-bond donors (Lipinski definition) is 1. The monoisotopic (exact) mass is 376 g/mol. The molecule has 2 aromatic heterocycles. The van der Waals surface area contributed by atoms with Gasteiger partial charge in [-0.05, 0) is 47.6 Å². The van der Waals surface area contributed by atoms with Crippen LogP contribution in [-0.4, -0.2) is 17.1 Å². The van der Waals surface area contributed by atoms with Gasteiger partial charge in [0.25, 0.3) is 5.56 Å². The summed E-state index contributed by atoms with van der Waals surface area (Å²) in [4.78, 5) is 23.1. The van der Waals surface area contributed by atoms with Gasteiger partial charge in [0.2, 0.25) is 0 Å². The Morgan fingerprint density at radius 3 is 2.93 bits per heavy atom. The molecule has 0 fully saturated rings. The number of hydrogen-bond acceptors (Lipinski definition) is 4. The summed E-state index contributed by atoms with van der Waals surface area (Å²) in [6.07, 6.45) is 3.15. The summed E-state index contributed by atoms with van der Waals surface area (Å²) in [6.45, 7) is 2.28. The van der Waals surface area contributed by atoms with Crippen molar-refractivity contribution in [3.05, 3.63) is 57.2 Å². The topological polar surface area (TPSA) is 55.0 Å². The summed E-state index contributed by atoms with van der Waals surface area (Å²) in [7, 11) is 1.65. The van der Waals surface area contributed by atoms with Crippen LogP contribution in [0.5, 0.6) is 5.75 Å². The molecule has 0 amide bonds. The predicted molar refractivity (Wildman–Crippen MR) is 111 cm³/mol. The second-order valence-corrected chi connectivity index (χ2v) is 8.39. The van der Waals surface area contributed by atoms with Gasteiger partial charge in [-0.2, -0.15) is 0 Å². The lowest BCUT2D eigenvalue weighted by Crippen LogP contribution is -2.13. The van der Waals surface area contributed by atoms with Crippen molar-refractivity contribution in [3.8, 4) is 17.1 Å². The fraction of sp³-hybridized carbons (Fsp3) is 0.273. The highest BCUT2D eigenvalue weighted by Crippen LogP contribution is 2.38. The van der Waals surface area contributed by atoms with Gasteiger partial charge < -0.3 is 9.72 Å². The summed E-state index contributed by atoms with van der Waals surface area (Å²) < 4.78 is 5.60. The quantitative estimate of drug-likeness (QED) is 0.539. The van der Waals surface area contributed by atoms with Crippen molar-refractivity contribution in [3.63, 3.8) is 0 Å². The summed E-state index contributed by atoms with van der Waals surface area (Å²) in [5.74, 6) is 1.96. The number of aromatic nitrogens is 2. The second-order valence-electron chi connectivity index (χ2n) is 7.31. The van der Waals surface area contributed by atoms with Crippen LogP contribution in [0.2, 0.25) is 0 Å². The van der Waals surface area contributed by atoms with Gasteiger partial charge in [0, 0.05) is 4.88 Å². The van der Waals surface area contributed by atoms with Crippen molar-refractivity contribution < 1.29 is 4.74 Å². The van der Waals surface area contributed by atoms with Crippen LogP contribution in [0, 0.1) is 5.92 Å². The molecular weight excluding hydrogens is 356 g/mol. The number of methoxy groups -OCH3 is 1. The molecule has 1 unspecified atom stereocenters. The van der Waals surface area contributed by atoms with Crippen molar-refractivity contribution >= 4 is 32.3 Å². The van der Waals surface area contributed by atoms with E-state index in [1.165, 1.54) is 10.4 Å². The third kappa shape index (κ3) is 2.57. The summed E-state index contributed by atoms with van der Waals surface area (Å²) >= 11 is 1.67. The van der Waals surface area contributed by atoms with Crippen LogP contribution in [0.1, 0.15) is 23.8 Å². The van der Waals surface area contributed by atoms with E-state index in [0.717, 1.165) is 45.8 Å². The van der Waals surface area contributed by atoms with Crippen LogP contribution in [0.25, 0.3) is 32.4 Å². The molecule has 0 aliphatic heterocycles. The Balaban J connectivity index is 1.80. The minimum atomic E-state index is -0.0444. The Morgan fingerprint density at radius 2 is 2.07 bits per heavy atom. The lowest BCUT2D eigenvalue weighted by atomic mass is 9.89. The van der Waals surface area contributed by atoms with E-state index in [2.05, 4.69) is 18.0 Å². The average molecular weight is 376 g/mol. The number of benzene rings is 2. The number of thiophene rings is 1. The van der Waals surface area contributed by atoms with Crippen LogP contribution in [0.3, 0.4) is 0 Å². The Kier molecular flexibility index (Phi) is 3.79. The first-order valence-corrected chi connectivity index (χ1v) is 10.1. The van der Waals surface area contributed by atoms with Crippen molar-refractivity contribution in [1.82, 2.24) is 9.97 Å². The van der Waals surface area contributed by atoms with Gasteiger partial charge in [-0.15, -0.1) is 11.3 Å². The molecule has 2 aromatic carbocycles. The van der Waals surface area contributed by atoms with Crippen molar-refractivity contribution in [2.45, 2.75) is 26.2 Å². The maximum atomic E-state index is 13.0. The lowest BCUT2D eigenvalue weighted by Gasteiger charge is -2.17. The SMILES string of the molecule is COc1ccc2ccccc2c1-c1nc2sc3c(c2c(=O)[nH]1)CCC(C)C3. The zero-order valence-electron chi connectivity index (χ0n) is 15.3. The van der Waals surface area contributed by atoms with E-state index in [-0.39, 0.29) is 5.56 Å². The fourth-order valence-corrected chi connectivity index (χ4v) is 5.52. The number of fused-ring (bicyclic) bond motifs is 4. The molecule has 0 spiro atoms. The van der Waals surface area contributed by atoms with Gasteiger partial charge >= 0.3 is 0 Å². The molecule has 0 bridgehead atoms. The highest BCUT2D eigenvalue weighted by molar-refractivity contribution is 7.18. The summed E-state index contributed by atoms with van der Waals surface area (Å²) in [5, 5.41) is 2.90. The molecule has 4 aromatic rings. The number of nitrogens with zero attached hydrogens (tertiary/aromatic N) is 1. The minimum absolute atomic E-state index is 0.0444. The highest BCUT2D eigenvalue weighted by Gasteiger charge is 2.24. The van der Waals surface area contributed by atoms with Gasteiger partial charge in [-0.25, -0.2) is 4.98 Å². The van der Waals surface area contributed by atoms with E-state index in [9.17, 15) is 4.79 Å². The third-order valence-corrected chi connectivity index (χ3v) is 6.66. The zero-order valence-corrected chi connectivity index (χ0v) is 16.2. The first kappa shape index (κ1) is 16.5. The van der Waals surface area contributed by atoms with Crippen LogP contribution in [0.15, 0.2) is 41.2 Å². The Labute approximate surface area is 160 Å². The van der Waals surface area contributed by atoms with Gasteiger partial charge in [-0.3, -0.25) is 4.79 Å². The number of nitrogens with one attached hydrogen (secondary N) is 1. The standard InChI is InChI=1S/C22H20N2O2S/c1-12-7-9-15-17(11-12)27-22-19(15)21(25)23-20(24-22)18-14-6-4-3-5-13(14)8-10-16(18)26-2/h3-6,8,10,12H,7,9,11H2,1-2H3,(H,23,24,25). The molecule has 0 saturated carbocycles. The Morgan fingerprint density at radius 1 is 1.22 bits per heavy atom. The van der Waals surface area contributed by atoms with Gasteiger partial charge in [-0.1, -0.05) is 37.3 Å². The summed E-state index contributed by atoms with van der Waals surface area (Å²) in [6, 6.07) is 12.1. The molecule has 4 nitrogen and oxygen atoms in total. The van der Waals surface area contributed by atoms with Crippen molar-refractivity contribution in [2.24, 2.45) is 5.92 Å². The molecule has 27 heavy (non-hydrogen) atoms. The zero-order chi connectivity index (χ0) is 18.5. The van der Waals surface area contributed by atoms with Crippen LogP contribution >= 0.6 is 11.3 Å². The van der Waals surface area contributed by atoms with Gasteiger partial charge in [0.15, 0.2) is 0 Å². The second kappa shape index (κ2) is 6.20. The van der Waals surface area contributed by atoms with E-state index >= 15 is 0 Å². The fourth-order valence-electron chi connectivity index (χ4n) is 4.13. The molecule has 5 heteroatoms. The number of rotatable bonds is 2. The molecule has 0 radical (unpaired) electrons. The number of ether oxygens (including phenoxy) is 1.